The highest BCUT2D eigenvalue weighted by molar-refractivity contribution is 5.88. The Bertz CT molecular complexity index is 453. The van der Waals surface area contributed by atoms with Crippen molar-refractivity contribution in [3.05, 3.63) is 35.9 Å². The number of rotatable bonds is 5. The van der Waals surface area contributed by atoms with Crippen molar-refractivity contribution in [3.63, 3.8) is 0 Å². The molecule has 2 rings (SSSR count). The van der Waals surface area contributed by atoms with Crippen LogP contribution in [0.3, 0.4) is 0 Å². The Balaban J connectivity index is 2.15. The topological polar surface area (TPSA) is 49.4 Å². The number of likely N-dealkylation sites (tertiary alicyclic amines) is 1. The van der Waals surface area contributed by atoms with Crippen LogP contribution in [0.4, 0.5) is 0 Å². The number of nitrogens with one attached hydrogen (secondary N) is 1. The van der Waals surface area contributed by atoms with Crippen LogP contribution in [0.15, 0.2) is 30.3 Å². The minimum atomic E-state index is -0.548. The van der Waals surface area contributed by atoms with Crippen LogP contribution in [0.1, 0.15) is 44.2 Å². The molecule has 4 nitrogen and oxygen atoms in total. The molecule has 1 aliphatic rings. The Kier molecular flexibility index (Phi) is 5.16. The Labute approximate surface area is 120 Å². The van der Waals surface area contributed by atoms with Crippen molar-refractivity contribution in [1.29, 1.82) is 0 Å². The fourth-order valence-corrected chi connectivity index (χ4v) is 2.51. The summed E-state index contributed by atoms with van der Waals surface area (Å²) in [5.41, 5.74) is 0.855. The number of amides is 2. The van der Waals surface area contributed by atoms with Crippen LogP contribution in [0.2, 0.25) is 0 Å². The summed E-state index contributed by atoms with van der Waals surface area (Å²) in [6.07, 6.45) is 3.34. The summed E-state index contributed by atoms with van der Waals surface area (Å²) in [4.78, 5) is 26.3. The largest absolute Gasteiger partial charge is 0.341 e. The molecule has 1 fully saturated rings. The molecular weight excluding hydrogens is 252 g/mol. The maximum absolute atomic E-state index is 12.6. The molecule has 4 heteroatoms. The van der Waals surface area contributed by atoms with E-state index < -0.39 is 6.04 Å². The quantitative estimate of drug-likeness (QED) is 0.895. The molecule has 0 unspecified atom stereocenters. The average molecular weight is 274 g/mol. The minimum Gasteiger partial charge on any atom is -0.341 e. The monoisotopic (exact) mass is 274 g/mol. The summed E-state index contributed by atoms with van der Waals surface area (Å²) in [6.45, 7) is 3.55. The van der Waals surface area contributed by atoms with Crippen molar-refractivity contribution in [2.24, 2.45) is 0 Å². The van der Waals surface area contributed by atoms with Crippen molar-refractivity contribution in [1.82, 2.24) is 10.2 Å². The second kappa shape index (κ2) is 7.08. The van der Waals surface area contributed by atoms with Crippen LogP contribution in [-0.4, -0.2) is 29.8 Å². The molecule has 0 aliphatic carbocycles. The molecule has 0 saturated carbocycles. The summed E-state index contributed by atoms with van der Waals surface area (Å²) >= 11 is 0. The smallest absolute Gasteiger partial charge is 0.249 e. The molecule has 20 heavy (non-hydrogen) atoms. The summed E-state index contributed by atoms with van der Waals surface area (Å²) in [7, 11) is 0. The Morgan fingerprint density at radius 1 is 1.20 bits per heavy atom. The lowest BCUT2D eigenvalue weighted by Gasteiger charge is -2.24. The highest BCUT2D eigenvalue weighted by atomic mass is 16.2. The van der Waals surface area contributed by atoms with Crippen LogP contribution >= 0.6 is 0 Å². The molecule has 2 amide bonds. The highest BCUT2D eigenvalue weighted by Crippen LogP contribution is 2.19. The first-order chi connectivity index (χ1) is 9.72. The van der Waals surface area contributed by atoms with Crippen LogP contribution in [0, 0.1) is 0 Å². The van der Waals surface area contributed by atoms with Gasteiger partial charge in [-0.3, -0.25) is 9.59 Å². The number of hydrogen-bond donors (Lipinski definition) is 1. The van der Waals surface area contributed by atoms with E-state index in [0.29, 0.717) is 6.42 Å². The standard InChI is InChI=1S/C16H22N2O2/c1-2-8-14(19)17-15(13-9-4-3-5-10-13)16(20)18-11-6-7-12-18/h3-5,9-10,15H,2,6-8,11-12H2,1H3,(H,17,19)/t15-/m0/s1. The lowest BCUT2D eigenvalue weighted by atomic mass is 10.1. The average Bonchev–Trinajstić information content (AvgIpc) is 2.99. The lowest BCUT2D eigenvalue weighted by Crippen LogP contribution is -2.41. The van der Waals surface area contributed by atoms with Gasteiger partial charge < -0.3 is 10.2 Å². The second-order valence-electron chi connectivity index (χ2n) is 5.19. The molecular formula is C16H22N2O2. The molecule has 1 atom stereocenters. The van der Waals surface area contributed by atoms with Crippen molar-refractivity contribution >= 4 is 11.8 Å². The number of hydrogen-bond acceptors (Lipinski definition) is 2. The van der Waals surface area contributed by atoms with Gasteiger partial charge in [-0.2, -0.15) is 0 Å². The first-order valence-corrected chi connectivity index (χ1v) is 7.35. The zero-order chi connectivity index (χ0) is 14.4. The van der Waals surface area contributed by atoms with Crippen molar-refractivity contribution in [2.45, 2.75) is 38.6 Å². The first kappa shape index (κ1) is 14.6. The number of nitrogens with zero attached hydrogens (tertiary/aromatic N) is 1. The van der Waals surface area contributed by atoms with E-state index in [1.165, 1.54) is 0 Å². The summed E-state index contributed by atoms with van der Waals surface area (Å²) in [5.74, 6) is -0.0490. The normalized spacial score (nSPS) is 15.9. The Morgan fingerprint density at radius 2 is 1.85 bits per heavy atom. The van der Waals surface area contributed by atoms with E-state index in [9.17, 15) is 9.59 Å². The van der Waals surface area contributed by atoms with Crippen LogP contribution < -0.4 is 5.32 Å². The summed E-state index contributed by atoms with van der Waals surface area (Å²) in [6, 6.07) is 8.94. The van der Waals surface area contributed by atoms with E-state index in [-0.39, 0.29) is 11.8 Å². The van der Waals surface area contributed by atoms with Gasteiger partial charge in [-0.15, -0.1) is 0 Å². The van der Waals surface area contributed by atoms with Crippen LogP contribution in [0.5, 0.6) is 0 Å². The molecule has 0 spiro atoms. The fourth-order valence-electron chi connectivity index (χ4n) is 2.51. The van der Waals surface area contributed by atoms with E-state index >= 15 is 0 Å². The molecule has 1 aromatic rings. The zero-order valence-corrected chi connectivity index (χ0v) is 12.0. The molecule has 1 aliphatic heterocycles. The van der Waals surface area contributed by atoms with Crippen LogP contribution in [-0.2, 0) is 9.59 Å². The third-order valence-corrected chi connectivity index (χ3v) is 3.58. The number of carbonyl (C=O) groups excluding carboxylic acids is 2. The van der Waals surface area contributed by atoms with Gasteiger partial charge in [0.25, 0.3) is 0 Å². The second-order valence-corrected chi connectivity index (χ2v) is 5.19. The Hall–Kier alpha value is -1.84. The lowest BCUT2D eigenvalue weighted by molar-refractivity contribution is -0.135. The molecule has 0 bridgehead atoms. The van der Waals surface area contributed by atoms with Crippen molar-refractivity contribution in [2.75, 3.05) is 13.1 Å². The molecule has 1 saturated heterocycles. The van der Waals surface area contributed by atoms with E-state index in [0.717, 1.165) is 37.9 Å². The summed E-state index contributed by atoms with van der Waals surface area (Å²) in [5, 5.41) is 2.88. The SMILES string of the molecule is CCCC(=O)N[C@H](C(=O)N1CCCC1)c1ccccc1. The van der Waals surface area contributed by atoms with Gasteiger partial charge in [0.15, 0.2) is 0 Å². The maximum atomic E-state index is 12.6. The van der Waals surface area contributed by atoms with Crippen LogP contribution in [0.25, 0.3) is 0 Å². The molecule has 0 radical (unpaired) electrons. The third kappa shape index (κ3) is 3.59. The van der Waals surface area contributed by atoms with Gasteiger partial charge >= 0.3 is 0 Å². The van der Waals surface area contributed by atoms with E-state index in [2.05, 4.69) is 5.32 Å². The molecule has 0 aromatic heterocycles. The predicted molar refractivity (Wildman–Crippen MR) is 78.0 cm³/mol. The molecule has 1 aromatic carbocycles. The van der Waals surface area contributed by atoms with Gasteiger partial charge in [0.2, 0.25) is 11.8 Å². The summed E-state index contributed by atoms with van der Waals surface area (Å²) < 4.78 is 0. The van der Waals surface area contributed by atoms with Crippen molar-refractivity contribution < 1.29 is 9.59 Å². The van der Waals surface area contributed by atoms with Crippen molar-refractivity contribution in [3.8, 4) is 0 Å². The minimum absolute atomic E-state index is 0.0122. The Morgan fingerprint density at radius 3 is 2.45 bits per heavy atom. The number of benzene rings is 1. The van der Waals surface area contributed by atoms with Gasteiger partial charge in [-0.05, 0) is 24.8 Å². The van der Waals surface area contributed by atoms with Gasteiger partial charge in [0, 0.05) is 19.5 Å². The maximum Gasteiger partial charge on any atom is 0.249 e. The van der Waals surface area contributed by atoms with Gasteiger partial charge in [-0.25, -0.2) is 0 Å². The van der Waals surface area contributed by atoms with E-state index in [1.807, 2.05) is 42.2 Å². The fraction of sp³-hybridized carbons (Fsp3) is 0.500. The first-order valence-electron chi connectivity index (χ1n) is 7.35. The molecule has 108 valence electrons. The van der Waals surface area contributed by atoms with E-state index in [1.54, 1.807) is 0 Å². The number of carbonyl (C=O) groups is 2. The molecule has 1 N–H and O–H groups in total. The highest BCUT2D eigenvalue weighted by Gasteiger charge is 2.28. The predicted octanol–water partition coefficient (Wildman–Crippen LogP) is 2.27. The van der Waals surface area contributed by atoms with E-state index in [4.69, 9.17) is 0 Å². The van der Waals surface area contributed by atoms with Gasteiger partial charge in [0.1, 0.15) is 6.04 Å². The van der Waals surface area contributed by atoms with Gasteiger partial charge in [-0.1, -0.05) is 37.3 Å². The zero-order valence-electron chi connectivity index (χ0n) is 12.0. The molecule has 1 heterocycles. The van der Waals surface area contributed by atoms with Gasteiger partial charge in [0.05, 0.1) is 0 Å². The third-order valence-electron chi connectivity index (χ3n) is 3.58.